The number of rotatable bonds is 5. The molecule has 0 fully saturated rings. The lowest BCUT2D eigenvalue weighted by molar-refractivity contribution is -0.133. The molecule has 6 nitrogen and oxygen atoms in total. The molecule has 106 valence electrons. The fourth-order valence-electron chi connectivity index (χ4n) is 1.43. The van der Waals surface area contributed by atoms with Crippen LogP contribution in [0.15, 0.2) is 10.5 Å². The number of aromatic nitrogens is 2. The number of fused-ring (bicyclic) bond motifs is 1. The Morgan fingerprint density at radius 2 is 2.25 bits per heavy atom. The third kappa shape index (κ3) is 3.20. The van der Waals surface area contributed by atoms with Gasteiger partial charge < -0.3 is 9.84 Å². The largest absolute Gasteiger partial charge is 0.481 e. The van der Waals surface area contributed by atoms with Gasteiger partial charge in [-0.25, -0.2) is 14.8 Å². The van der Waals surface area contributed by atoms with E-state index in [4.69, 9.17) is 21.4 Å². The van der Waals surface area contributed by atoms with Crippen molar-refractivity contribution in [2.75, 3.05) is 12.4 Å². The van der Waals surface area contributed by atoms with Crippen LogP contribution < -0.4 is 0 Å². The van der Waals surface area contributed by atoms with Gasteiger partial charge in [0.05, 0.1) is 23.3 Å². The molecule has 0 aromatic carbocycles. The number of thiophene rings is 1. The quantitative estimate of drug-likeness (QED) is 0.389. The molecule has 9 heteroatoms. The Morgan fingerprint density at radius 3 is 2.90 bits per heavy atom. The highest BCUT2D eigenvalue weighted by atomic mass is 35.5. The van der Waals surface area contributed by atoms with Crippen molar-refractivity contribution in [2.24, 2.45) is 0 Å². The summed E-state index contributed by atoms with van der Waals surface area (Å²) in [6, 6.07) is 0. The van der Waals surface area contributed by atoms with Gasteiger partial charge in [0.1, 0.15) is 9.98 Å². The molecule has 0 unspecified atom stereocenters. The molecule has 20 heavy (non-hydrogen) atoms. The summed E-state index contributed by atoms with van der Waals surface area (Å²) in [4.78, 5) is 31.0. The standard InChI is InChI=1S/C11H9ClN2O4S2/c1-2-18-10(17)5-3-19-9-7(5)8(12)13-11(14-9)20-4-6(15)16/h3H,2,4H2,1H3,(H,15,16). The van der Waals surface area contributed by atoms with Gasteiger partial charge in [0.2, 0.25) is 0 Å². The molecule has 0 atom stereocenters. The summed E-state index contributed by atoms with van der Waals surface area (Å²) in [5, 5.41) is 11.1. The zero-order valence-corrected chi connectivity index (χ0v) is 12.6. The second-order valence-corrected chi connectivity index (χ2v) is 5.69. The van der Waals surface area contributed by atoms with E-state index in [1.807, 2.05) is 0 Å². The van der Waals surface area contributed by atoms with Crippen molar-refractivity contribution in [2.45, 2.75) is 12.1 Å². The van der Waals surface area contributed by atoms with E-state index in [1.54, 1.807) is 12.3 Å². The Hall–Kier alpha value is -1.38. The average molecular weight is 333 g/mol. The molecule has 0 bridgehead atoms. The average Bonchev–Trinajstić information content (AvgIpc) is 2.81. The Balaban J connectivity index is 2.38. The van der Waals surface area contributed by atoms with Gasteiger partial charge in [-0.15, -0.1) is 11.3 Å². The molecule has 0 radical (unpaired) electrons. The Bertz CT molecular complexity index is 674. The highest BCUT2D eigenvalue weighted by Gasteiger charge is 2.19. The van der Waals surface area contributed by atoms with E-state index in [2.05, 4.69) is 9.97 Å². The van der Waals surface area contributed by atoms with E-state index < -0.39 is 11.9 Å². The van der Waals surface area contributed by atoms with Crippen molar-refractivity contribution in [1.29, 1.82) is 0 Å². The van der Waals surface area contributed by atoms with Crippen molar-refractivity contribution in [3.05, 3.63) is 16.1 Å². The van der Waals surface area contributed by atoms with Crippen molar-refractivity contribution in [1.82, 2.24) is 9.97 Å². The highest BCUT2D eigenvalue weighted by Crippen LogP contribution is 2.32. The van der Waals surface area contributed by atoms with Crippen LogP contribution in [0, 0.1) is 0 Å². The summed E-state index contributed by atoms with van der Waals surface area (Å²) in [6.45, 7) is 1.98. The van der Waals surface area contributed by atoms with Crippen LogP contribution in [0.1, 0.15) is 17.3 Å². The van der Waals surface area contributed by atoms with Crippen molar-refractivity contribution < 1.29 is 19.4 Å². The number of thioether (sulfide) groups is 1. The first-order chi connectivity index (χ1) is 9.52. The maximum absolute atomic E-state index is 11.8. The molecule has 2 rings (SSSR count). The van der Waals surface area contributed by atoms with Crippen LogP contribution in [-0.4, -0.2) is 39.4 Å². The minimum absolute atomic E-state index is 0.118. The lowest BCUT2D eigenvalue weighted by Gasteiger charge is -2.02. The molecular formula is C11H9ClN2O4S2. The third-order valence-corrected chi connectivity index (χ3v) is 4.17. The zero-order chi connectivity index (χ0) is 14.7. The normalized spacial score (nSPS) is 10.7. The topological polar surface area (TPSA) is 89.4 Å². The van der Waals surface area contributed by atoms with Gasteiger partial charge in [-0.3, -0.25) is 4.79 Å². The third-order valence-electron chi connectivity index (χ3n) is 2.19. The molecule has 0 aliphatic rings. The molecule has 1 N–H and O–H groups in total. The molecule has 0 amide bonds. The van der Waals surface area contributed by atoms with Crippen molar-refractivity contribution >= 4 is 56.9 Å². The number of carbonyl (C=O) groups excluding carboxylic acids is 1. The summed E-state index contributed by atoms with van der Waals surface area (Å²) in [6.07, 6.45) is 0. The van der Waals surface area contributed by atoms with Crippen LogP contribution in [0.25, 0.3) is 10.2 Å². The van der Waals surface area contributed by atoms with E-state index in [-0.39, 0.29) is 22.7 Å². The molecule has 2 aromatic heterocycles. The number of esters is 1. The van der Waals surface area contributed by atoms with Gasteiger partial charge in [-0.05, 0) is 6.92 Å². The maximum Gasteiger partial charge on any atom is 0.339 e. The van der Waals surface area contributed by atoms with E-state index in [9.17, 15) is 9.59 Å². The molecular weight excluding hydrogens is 324 g/mol. The monoisotopic (exact) mass is 332 g/mol. The fraction of sp³-hybridized carbons (Fsp3) is 0.273. The predicted molar refractivity (Wildman–Crippen MR) is 76.7 cm³/mol. The Kier molecular flexibility index (Phi) is 4.79. The molecule has 0 aliphatic heterocycles. The van der Waals surface area contributed by atoms with Crippen molar-refractivity contribution in [3.8, 4) is 0 Å². The number of aliphatic carboxylic acids is 1. The second kappa shape index (κ2) is 6.38. The Labute approximate surface area is 127 Å². The number of hydrogen-bond donors (Lipinski definition) is 1. The number of nitrogens with zero attached hydrogens (tertiary/aromatic N) is 2. The van der Waals surface area contributed by atoms with Gasteiger partial charge in [0, 0.05) is 5.38 Å². The first kappa shape index (κ1) is 15.0. The second-order valence-electron chi connectivity index (χ2n) is 3.53. The number of halogens is 1. The fourth-order valence-corrected chi connectivity index (χ4v) is 3.34. The Morgan fingerprint density at radius 1 is 1.50 bits per heavy atom. The SMILES string of the molecule is CCOC(=O)c1csc2nc(SCC(=O)O)nc(Cl)c12. The van der Waals surface area contributed by atoms with Gasteiger partial charge in [-0.1, -0.05) is 23.4 Å². The summed E-state index contributed by atoms with van der Waals surface area (Å²) < 4.78 is 4.93. The molecule has 2 heterocycles. The van der Waals surface area contributed by atoms with Gasteiger partial charge in [0.25, 0.3) is 0 Å². The minimum Gasteiger partial charge on any atom is -0.481 e. The lowest BCUT2D eigenvalue weighted by Crippen LogP contribution is -2.04. The maximum atomic E-state index is 11.8. The first-order valence-corrected chi connectivity index (χ1v) is 7.73. The number of hydrogen-bond acceptors (Lipinski definition) is 7. The van der Waals surface area contributed by atoms with E-state index >= 15 is 0 Å². The summed E-state index contributed by atoms with van der Waals surface area (Å²) in [5.74, 6) is -1.60. The minimum atomic E-state index is -0.965. The number of carboxylic acid groups (broad SMARTS) is 1. The van der Waals surface area contributed by atoms with Crippen LogP contribution in [-0.2, 0) is 9.53 Å². The molecule has 0 saturated heterocycles. The van der Waals surface area contributed by atoms with Gasteiger partial charge in [-0.2, -0.15) is 0 Å². The molecule has 0 aliphatic carbocycles. The first-order valence-electron chi connectivity index (χ1n) is 5.49. The molecule has 0 spiro atoms. The highest BCUT2D eigenvalue weighted by molar-refractivity contribution is 7.99. The number of carboxylic acids is 1. The van der Waals surface area contributed by atoms with Gasteiger partial charge in [0.15, 0.2) is 5.16 Å². The van der Waals surface area contributed by atoms with Crippen molar-refractivity contribution in [3.63, 3.8) is 0 Å². The molecule has 2 aromatic rings. The van der Waals surface area contributed by atoms with Crippen LogP contribution in [0.3, 0.4) is 0 Å². The summed E-state index contributed by atoms with van der Waals surface area (Å²) in [5.41, 5.74) is 0.326. The molecule has 0 saturated carbocycles. The smallest absolute Gasteiger partial charge is 0.339 e. The van der Waals surface area contributed by atoms with Gasteiger partial charge >= 0.3 is 11.9 Å². The van der Waals surface area contributed by atoms with Crippen LogP contribution in [0.5, 0.6) is 0 Å². The van der Waals surface area contributed by atoms with E-state index in [1.165, 1.54) is 11.3 Å². The summed E-state index contributed by atoms with van der Waals surface area (Å²) in [7, 11) is 0. The van der Waals surface area contributed by atoms with Crippen LogP contribution in [0.4, 0.5) is 0 Å². The predicted octanol–water partition coefficient (Wildman–Crippen LogP) is 2.70. The number of carbonyl (C=O) groups is 2. The number of ether oxygens (including phenoxy) is 1. The van der Waals surface area contributed by atoms with E-state index in [0.29, 0.717) is 15.8 Å². The summed E-state index contributed by atoms with van der Waals surface area (Å²) >= 11 is 8.26. The van der Waals surface area contributed by atoms with Crippen LogP contribution >= 0.6 is 34.7 Å². The van der Waals surface area contributed by atoms with Crippen LogP contribution in [0.2, 0.25) is 5.15 Å². The lowest BCUT2D eigenvalue weighted by atomic mass is 10.2. The van der Waals surface area contributed by atoms with E-state index in [0.717, 1.165) is 11.8 Å². The zero-order valence-electron chi connectivity index (χ0n) is 10.3.